The lowest BCUT2D eigenvalue weighted by atomic mass is 10.0. The van der Waals surface area contributed by atoms with Crippen LogP contribution in [-0.2, 0) is 84.3 Å². The van der Waals surface area contributed by atoms with Crippen molar-refractivity contribution in [1.29, 1.82) is 0 Å². The van der Waals surface area contributed by atoms with Gasteiger partial charge in [-0.15, -0.1) is 0 Å². The molecule has 9 N–H and O–H groups in total. The average Bonchev–Trinajstić information content (AvgIpc) is 1.59. The minimum atomic E-state index is -5.08. The molecule has 6 saturated heterocycles. The lowest BCUT2D eigenvalue weighted by Gasteiger charge is -2.31. The zero-order valence-corrected chi connectivity index (χ0v) is 60.0. The van der Waals surface area contributed by atoms with Crippen LogP contribution in [0.2, 0.25) is 0 Å². The number of hydrogen-bond acceptors (Lipinski definition) is 24. The number of carbonyl (C=O) groups excluding carboxylic acids is 3. The van der Waals surface area contributed by atoms with Crippen LogP contribution in [0.1, 0.15) is 113 Å². The van der Waals surface area contributed by atoms with E-state index in [1.54, 1.807) is 0 Å². The van der Waals surface area contributed by atoms with Gasteiger partial charge in [0.05, 0.1) is 59.3 Å². The van der Waals surface area contributed by atoms with E-state index < -0.39 is 147 Å². The van der Waals surface area contributed by atoms with Crippen LogP contribution in [0.4, 0.5) is 13.2 Å². The molecule has 6 fully saturated rings. The second-order valence-electron chi connectivity index (χ2n) is 24.8. The van der Waals surface area contributed by atoms with Crippen LogP contribution in [0, 0.1) is 35.5 Å². The summed E-state index contributed by atoms with van der Waals surface area (Å²) in [7, 11) is -7.61. The first-order chi connectivity index (χ1) is 48.4. The maximum Gasteiger partial charge on any atom is 0.471 e. The SMILES string of the molecule is CCCCCCCCCCCC(=O)NCC#Cc1cn([C@@H]2O[C@@]3(COC)COC2[C@H]3OP(C)(=O)O)c(=O)[nH]c1=O.COC[C@@]12COC([C@H](n3cc(C#CCNC(=O)C(F)(F)F)c(=O)[nH]c3=O)O1)[C@H]2OP(C)(=O)O.COC[C@@]12COC([C@H](n3cc(C#CCNC(C)=O)c(=O)[nH]c3=O)O1)[C@H]2OP(C)(=O)O. The van der Waals surface area contributed by atoms with Gasteiger partial charge in [0.1, 0.15) is 70.1 Å². The van der Waals surface area contributed by atoms with Gasteiger partial charge in [0.25, 0.3) is 16.7 Å². The van der Waals surface area contributed by atoms with Gasteiger partial charge in [-0.25, -0.2) is 14.4 Å². The molecule has 42 heteroatoms. The van der Waals surface area contributed by atoms with E-state index in [0.717, 1.165) is 59.2 Å². The van der Waals surface area contributed by atoms with Gasteiger partial charge in [0.2, 0.25) is 11.8 Å². The number of methoxy groups -OCH3 is 3. The quantitative estimate of drug-likeness (QED) is 0.0264. The number of halogens is 3. The fourth-order valence-corrected chi connectivity index (χ4v) is 14.1. The van der Waals surface area contributed by atoms with Crippen LogP contribution in [0.3, 0.4) is 0 Å². The summed E-state index contributed by atoms with van der Waals surface area (Å²) in [6, 6.07) is 0. The van der Waals surface area contributed by atoms with Gasteiger partial charge in [0.15, 0.2) is 18.7 Å². The molecule has 0 spiro atoms. The standard InChI is InChI=1S/C27H42N3O9P.C17H19F3N3O9P.C17H22N3O9P/c1-4-5-6-7-8-9-10-11-12-15-21(31)28-16-13-14-20-17-30(26(33)29-24(20)32)25-22-23(39-40(3,34)35)27(38-25,18-36-2)19-37-22;1-29-7-16-8-30-10(11(16)32-33(2,27)28)13(31-16)23-6-9(12(24)22-15(23)26)4-3-5-21-14(25)17(18,19)20;1-10(21)18-6-4-5-11-7-20(16(23)19-14(11)22)15-12-13(29-30(3,24)25)17(28-15,8-26-2)9-27-12/h17,22-23,25H,4-12,15-16,18-19H2,1-3H3,(H,28,31)(H,34,35)(H,29,32,33);6,10-11,13H,5,7-8H2,1-2H3,(H,21,25)(H,27,28)(H,22,24,26);7,12-13,15H,6,8-9H2,1-3H3,(H,18,21)(H,24,25)(H,19,22,23)/t22?,23-,25-,27+;10?,11-,13-,16+;12?,13-,15-,17+/m111/s1. The molecule has 15 atom stereocenters. The van der Waals surface area contributed by atoms with Crippen molar-refractivity contribution in [3.63, 3.8) is 0 Å². The Morgan fingerprint density at radius 1 is 0.544 bits per heavy atom. The zero-order valence-electron chi connectivity index (χ0n) is 57.3. The van der Waals surface area contributed by atoms with Gasteiger partial charge in [-0.05, 0) is 6.42 Å². The molecular weight excluding hydrogens is 1440 g/mol. The number of hydrogen-bond donors (Lipinski definition) is 9. The number of amides is 3. The molecule has 6 unspecified atom stereocenters. The van der Waals surface area contributed by atoms with Gasteiger partial charge >= 0.3 is 51.9 Å². The highest BCUT2D eigenvalue weighted by Crippen LogP contribution is 2.55. The van der Waals surface area contributed by atoms with Crippen molar-refractivity contribution in [2.24, 2.45) is 0 Å². The normalized spacial score (nSPS) is 27.1. The van der Waals surface area contributed by atoms with Crippen LogP contribution < -0.4 is 49.7 Å². The zero-order chi connectivity index (χ0) is 75.9. The Bertz CT molecular complexity index is 4260. The number of ether oxygens (including phenoxy) is 9. The van der Waals surface area contributed by atoms with Crippen molar-refractivity contribution < 1.29 is 112 Å². The van der Waals surface area contributed by atoms with Crippen molar-refractivity contribution in [3.05, 3.63) is 97.8 Å². The monoisotopic (exact) mass is 1520 g/mol. The lowest BCUT2D eigenvalue weighted by Crippen LogP contribution is -2.46. The largest absolute Gasteiger partial charge is 0.471 e. The van der Waals surface area contributed by atoms with Crippen molar-refractivity contribution in [1.82, 2.24) is 44.6 Å². The van der Waals surface area contributed by atoms with Gasteiger partial charge < -0.3 is 73.3 Å². The number of rotatable bonds is 28. The van der Waals surface area contributed by atoms with Gasteiger partial charge in [-0.3, -0.25) is 84.7 Å². The van der Waals surface area contributed by atoms with E-state index in [4.69, 9.17) is 56.2 Å². The molecule has 9 rings (SSSR count). The average molecular weight is 1520 g/mol. The molecule has 103 heavy (non-hydrogen) atoms. The Kier molecular flexibility index (Phi) is 29.0. The first-order valence-corrected chi connectivity index (χ1v) is 38.2. The highest BCUT2D eigenvalue weighted by atomic mass is 31.2. The summed E-state index contributed by atoms with van der Waals surface area (Å²) in [6.45, 7) is 5.86. The highest BCUT2D eigenvalue weighted by Gasteiger charge is 2.67. The molecule has 3 aromatic rings. The number of aromatic amines is 3. The minimum Gasteiger partial charge on any atom is -0.381 e. The topological polar surface area (TPSA) is 475 Å². The Balaban J connectivity index is 0.000000219. The molecule has 6 aliphatic heterocycles. The highest BCUT2D eigenvalue weighted by molar-refractivity contribution is 7.52. The molecule has 0 saturated carbocycles. The number of unbranched alkanes of at least 4 members (excludes halogenated alkanes) is 8. The van der Waals surface area contributed by atoms with Crippen molar-refractivity contribution in [3.8, 4) is 35.5 Å². The number of H-pyrrole nitrogens is 3. The Hall–Kier alpha value is -6.99. The maximum atomic E-state index is 12.6. The summed E-state index contributed by atoms with van der Waals surface area (Å²) in [5.41, 5.74) is -8.88. The first-order valence-electron chi connectivity index (χ1n) is 32.1. The van der Waals surface area contributed by atoms with E-state index in [-0.39, 0.29) is 81.2 Å². The molecule has 3 aromatic heterocycles. The number of fused-ring (bicyclic) bond motifs is 6. The summed E-state index contributed by atoms with van der Waals surface area (Å²) in [6.07, 6.45) is 0.151. The summed E-state index contributed by atoms with van der Waals surface area (Å²) >= 11 is 0. The smallest absolute Gasteiger partial charge is 0.381 e. The van der Waals surface area contributed by atoms with Crippen molar-refractivity contribution in [2.75, 3.05) is 101 Å². The molecule has 6 bridgehead atoms. The molecule has 36 nitrogen and oxygen atoms in total. The third-order valence-electron chi connectivity index (χ3n) is 16.3. The van der Waals surface area contributed by atoms with Crippen LogP contribution in [0.5, 0.6) is 0 Å². The van der Waals surface area contributed by atoms with E-state index in [2.05, 4.69) is 63.0 Å². The molecule has 3 amide bonds. The predicted molar refractivity (Wildman–Crippen MR) is 352 cm³/mol. The first kappa shape index (κ1) is 83.3. The fraction of sp³-hybridized carbons (Fsp3) is 0.656. The molecule has 0 aliphatic carbocycles. The van der Waals surface area contributed by atoms with E-state index in [1.807, 2.05) is 4.98 Å². The number of aromatic nitrogens is 6. The van der Waals surface area contributed by atoms with Crippen LogP contribution >= 0.6 is 22.8 Å². The fourth-order valence-electron chi connectivity index (χ4n) is 11.9. The Morgan fingerprint density at radius 2 is 0.854 bits per heavy atom. The van der Waals surface area contributed by atoms with E-state index in [1.165, 1.54) is 84.5 Å². The lowest BCUT2D eigenvalue weighted by molar-refractivity contribution is -0.190. The van der Waals surface area contributed by atoms with Gasteiger partial charge in [0, 0.05) is 73.3 Å². The molecular formula is C61H83F3N9O27P3. The van der Waals surface area contributed by atoms with E-state index in [0.29, 0.717) is 6.42 Å². The molecule has 6 aliphatic rings. The predicted octanol–water partition coefficient (Wildman–Crippen LogP) is 0.0556. The molecule has 0 aromatic carbocycles. The van der Waals surface area contributed by atoms with Gasteiger partial charge in [-0.1, -0.05) is 93.8 Å². The van der Waals surface area contributed by atoms with Crippen molar-refractivity contribution in [2.45, 2.75) is 156 Å². The van der Waals surface area contributed by atoms with Crippen molar-refractivity contribution >= 4 is 40.5 Å². The molecule has 570 valence electrons. The maximum absolute atomic E-state index is 12.6. The summed E-state index contributed by atoms with van der Waals surface area (Å²) < 4.78 is 142. The van der Waals surface area contributed by atoms with Gasteiger partial charge in [-0.2, -0.15) is 13.2 Å². The third-order valence-corrected chi connectivity index (χ3v) is 18.2. The summed E-state index contributed by atoms with van der Waals surface area (Å²) in [4.78, 5) is 143. The van der Waals surface area contributed by atoms with Crippen LogP contribution in [0.15, 0.2) is 47.4 Å². The van der Waals surface area contributed by atoms with E-state index in [9.17, 15) is 84.7 Å². The second kappa shape index (κ2) is 35.9. The molecule has 0 radical (unpaired) electrons. The Morgan fingerprint density at radius 3 is 1.16 bits per heavy atom. The van der Waals surface area contributed by atoms with Crippen LogP contribution in [-0.4, -0.2) is 221 Å². The number of nitrogens with one attached hydrogen (secondary N) is 6. The number of alkyl halides is 3. The number of nitrogens with zero attached hydrogens (tertiary/aromatic N) is 3. The van der Waals surface area contributed by atoms with Crippen LogP contribution in [0.25, 0.3) is 0 Å². The third kappa shape index (κ3) is 22.1. The summed E-state index contributed by atoms with van der Waals surface area (Å²) in [5, 5.41) is 6.71. The second-order valence-corrected chi connectivity index (χ2v) is 30.3. The molecule has 9 heterocycles. The summed E-state index contributed by atoms with van der Waals surface area (Å²) in [5.74, 6) is 12.5. The minimum absolute atomic E-state index is 0.00578. The number of carbonyl (C=O) groups is 3. The van der Waals surface area contributed by atoms with E-state index >= 15 is 0 Å². The Labute approximate surface area is 585 Å².